The van der Waals surface area contributed by atoms with Crippen LogP contribution in [0.5, 0.6) is 5.88 Å². The Hall–Kier alpha value is -1.03. The van der Waals surface area contributed by atoms with Crippen molar-refractivity contribution < 1.29 is 4.74 Å². The molecule has 1 aromatic heterocycles. The lowest BCUT2D eigenvalue weighted by Crippen LogP contribution is -2.33. The Balaban J connectivity index is 2.49. The fourth-order valence-electron chi connectivity index (χ4n) is 1.93. The summed E-state index contributed by atoms with van der Waals surface area (Å²) < 4.78 is 7.83. The molecule has 0 radical (unpaired) electrons. The van der Waals surface area contributed by atoms with Gasteiger partial charge < -0.3 is 10.1 Å². The molecule has 0 fully saturated rings. The first kappa shape index (κ1) is 15.0. The Morgan fingerprint density at radius 2 is 2.11 bits per heavy atom. The predicted octanol–water partition coefficient (Wildman–Crippen LogP) is 2.52. The summed E-state index contributed by atoms with van der Waals surface area (Å²) in [4.78, 5) is 0. The second-order valence-corrected chi connectivity index (χ2v) is 5.33. The molecule has 0 bridgehead atoms. The van der Waals surface area contributed by atoms with Crippen LogP contribution in [0.1, 0.15) is 39.3 Å². The maximum Gasteiger partial charge on any atom is 0.212 e. The molecule has 0 aliphatic heterocycles. The van der Waals surface area contributed by atoms with E-state index in [9.17, 15) is 0 Å². The molecular weight excluding hydrogens is 226 g/mol. The monoisotopic (exact) mass is 253 g/mol. The van der Waals surface area contributed by atoms with Gasteiger partial charge in [-0.05, 0) is 25.8 Å². The van der Waals surface area contributed by atoms with Crippen LogP contribution in [0, 0.1) is 12.8 Å². The molecular formula is C14H27N3O. The highest BCUT2D eigenvalue weighted by Gasteiger charge is 2.12. The smallest absolute Gasteiger partial charge is 0.212 e. The largest absolute Gasteiger partial charge is 0.473 e. The summed E-state index contributed by atoms with van der Waals surface area (Å²) >= 11 is 0. The molecule has 1 aromatic rings. The van der Waals surface area contributed by atoms with Gasteiger partial charge in [-0.2, -0.15) is 5.10 Å². The Bertz CT molecular complexity index is 347. The zero-order chi connectivity index (χ0) is 13.5. The highest BCUT2D eigenvalue weighted by molar-refractivity contribution is 5.14. The van der Waals surface area contributed by atoms with Crippen molar-refractivity contribution >= 4 is 0 Å². The third-order valence-electron chi connectivity index (χ3n) is 2.78. The predicted molar refractivity (Wildman–Crippen MR) is 75.0 cm³/mol. The maximum absolute atomic E-state index is 6.03. The molecule has 1 N–H and O–H groups in total. The van der Waals surface area contributed by atoms with Crippen molar-refractivity contribution in [1.82, 2.24) is 15.1 Å². The van der Waals surface area contributed by atoms with Crippen molar-refractivity contribution in [2.45, 2.75) is 46.6 Å². The van der Waals surface area contributed by atoms with Gasteiger partial charge in [0.15, 0.2) is 0 Å². The minimum atomic E-state index is 0.226. The average Bonchev–Trinajstić information content (AvgIpc) is 2.57. The zero-order valence-corrected chi connectivity index (χ0v) is 12.4. The van der Waals surface area contributed by atoms with Crippen LogP contribution in [0.15, 0.2) is 6.07 Å². The Morgan fingerprint density at radius 1 is 1.39 bits per heavy atom. The first-order valence-corrected chi connectivity index (χ1v) is 6.91. The number of rotatable bonds is 8. The highest BCUT2D eigenvalue weighted by Crippen LogP contribution is 2.14. The molecule has 0 aliphatic rings. The number of nitrogens with one attached hydrogen (secondary N) is 1. The molecule has 0 amide bonds. The van der Waals surface area contributed by atoms with Crippen LogP contribution in [-0.2, 0) is 7.05 Å². The van der Waals surface area contributed by atoms with Gasteiger partial charge in [-0.25, -0.2) is 4.68 Å². The van der Waals surface area contributed by atoms with Gasteiger partial charge in [-0.1, -0.05) is 27.2 Å². The van der Waals surface area contributed by atoms with Crippen LogP contribution < -0.4 is 10.1 Å². The van der Waals surface area contributed by atoms with Gasteiger partial charge in [0, 0.05) is 19.7 Å². The van der Waals surface area contributed by atoms with Crippen molar-refractivity contribution in [1.29, 1.82) is 0 Å². The van der Waals surface area contributed by atoms with Crippen LogP contribution in [-0.4, -0.2) is 29.0 Å². The van der Waals surface area contributed by atoms with Gasteiger partial charge >= 0.3 is 0 Å². The van der Waals surface area contributed by atoms with Crippen LogP contribution in [0.3, 0.4) is 0 Å². The van der Waals surface area contributed by atoms with Gasteiger partial charge in [-0.3, -0.25) is 0 Å². The Morgan fingerprint density at radius 3 is 2.61 bits per heavy atom. The number of hydrogen-bond donors (Lipinski definition) is 1. The van der Waals surface area contributed by atoms with Gasteiger partial charge in [0.25, 0.3) is 0 Å². The fourth-order valence-corrected chi connectivity index (χ4v) is 1.93. The quantitative estimate of drug-likeness (QED) is 0.774. The SMILES string of the molecule is CCCC(CNCC(C)C)Oc1cc(C)nn1C. The van der Waals surface area contributed by atoms with Gasteiger partial charge in [0.2, 0.25) is 5.88 Å². The first-order valence-electron chi connectivity index (χ1n) is 6.91. The number of ether oxygens (including phenoxy) is 1. The molecule has 0 aromatic carbocycles. The van der Waals surface area contributed by atoms with Gasteiger partial charge in [0.1, 0.15) is 6.10 Å². The van der Waals surface area contributed by atoms with E-state index in [0.717, 1.165) is 37.5 Å². The summed E-state index contributed by atoms with van der Waals surface area (Å²) in [5, 5.41) is 7.77. The van der Waals surface area contributed by atoms with Crippen molar-refractivity contribution in [2.24, 2.45) is 13.0 Å². The minimum absolute atomic E-state index is 0.226. The molecule has 0 spiro atoms. The highest BCUT2D eigenvalue weighted by atomic mass is 16.5. The molecule has 104 valence electrons. The van der Waals surface area contributed by atoms with Gasteiger partial charge in [-0.15, -0.1) is 0 Å². The van der Waals surface area contributed by atoms with E-state index in [1.54, 1.807) is 4.68 Å². The summed E-state index contributed by atoms with van der Waals surface area (Å²) in [7, 11) is 1.92. The number of nitrogens with zero attached hydrogens (tertiary/aromatic N) is 2. The summed E-state index contributed by atoms with van der Waals surface area (Å²) in [6.45, 7) is 10.5. The third-order valence-corrected chi connectivity index (χ3v) is 2.78. The van der Waals surface area contributed by atoms with E-state index in [1.807, 2.05) is 20.0 Å². The molecule has 0 aliphatic carbocycles. The van der Waals surface area contributed by atoms with Crippen LogP contribution in [0.4, 0.5) is 0 Å². The van der Waals surface area contributed by atoms with Crippen molar-refractivity contribution in [3.05, 3.63) is 11.8 Å². The number of aryl methyl sites for hydroxylation is 2. The molecule has 0 saturated carbocycles. The van der Waals surface area contributed by atoms with E-state index >= 15 is 0 Å². The van der Waals surface area contributed by atoms with E-state index in [0.29, 0.717) is 5.92 Å². The van der Waals surface area contributed by atoms with E-state index in [1.165, 1.54) is 0 Å². The summed E-state index contributed by atoms with van der Waals surface area (Å²) in [5.41, 5.74) is 0.998. The molecule has 4 heteroatoms. The molecule has 1 rings (SSSR count). The lowest BCUT2D eigenvalue weighted by atomic mass is 10.2. The molecule has 18 heavy (non-hydrogen) atoms. The Kier molecular flexibility index (Phi) is 6.19. The second-order valence-electron chi connectivity index (χ2n) is 5.33. The molecule has 0 saturated heterocycles. The summed E-state index contributed by atoms with van der Waals surface area (Å²) in [6.07, 6.45) is 2.42. The fraction of sp³-hybridized carbons (Fsp3) is 0.786. The van der Waals surface area contributed by atoms with Crippen molar-refractivity contribution in [3.63, 3.8) is 0 Å². The summed E-state index contributed by atoms with van der Waals surface area (Å²) in [5.74, 6) is 1.53. The zero-order valence-electron chi connectivity index (χ0n) is 12.4. The molecule has 1 atom stereocenters. The van der Waals surface area contributed by atoms with Crippen LogP contribution >= 0.6 is 0 Å². The first-order chi connectivity index (χ1) is 8.52. The van der Waals surface area contributed by atoms with E-state index in [-0.39, 0.29) is 6.10 Å². The second kappa shape index (κ2) is 7.41. The van der Waals surface area contributed by atoms with Crippen molar-refractivity contribution in [3.8, 4) is 5.88 Å². The van der Waals surface area contributed by atoms with Crippen LogP contribution in [0.2, 0.25) is 0 Å². The lowest BCUT2D eigenvalue weighted by Gasteiger charge is -2.19. The van der Waals surface area contributed by atoms with Crippen molar-refractivity contribution in [2.75, 3.05) is 13.1 Å². The Labute approximate surface area is 111 Å². The van der Waals surface area contributed by atoms with E-state index in [4.69, 9.17) is 4.74 Å². The average molecular weight is 253 g/mol. The minimum Gasteiger partial charge on any atom is -0.473 e. The normalized spacial score (nSPS) is 13.0. The summed E-state index contributed by atoms with van der Waals surface area (Å²) in [6, 6.07) is 1.99. The number of hydrogen-bond acceptors (Lipinski definition) is 3. The third kappa shape index (κ3) is 5.08. The molecule has 1 unspecified atom stereocenters. The number of aromatic nitrogens is 2. The maximum atomic E-state index is 6.03. The molecule has 4 nitrogen and oxygen atoms in total. The van der Waals surface area contributed by atoms with E-state index in [2.05, 4.69) is 31.2 Å². The van der Waals surface area contributed by atoms with Gasteiger partial charge in [0.05, 0.1) is 5.69 Å². The van der Waals surface area contributed by atoms with E-state index < -0.39 is 0 Å². The topological polar surface area (TPSA) is 39.1 Å². The van der Waals surface area contributed by atoms with Crippen LogP contribution in [0.25, 0.3) is 0 Å². The standard InChI is InChI=1S/C14H27N3O/c1-6-7-13(10-15-9-11(2)3)18-14-8-12(4)16-17(14)5/h8,11,13,15H,6-7,9-10H2,1-5H3. The molecule has 1 heterocycles. The lowest BCUT2D eigenvalue weighted by molar-refractivity contribution is 0.170.